The Labute approximate surface area is 127 Å². The predicted molar refractivity (Wildman–Crippen MR) is 81.8 cm³/mol. The number of carbonyl (C=O) groups is 1. The van der Waals surface area contributed by atoms with Crippen molar-refractivity contribution in [2.75, 3.05) is 6.79 Å². The molecular weight excluding hydrogens is 282 g/mol. The number of aromatic nitrogens is 1. The topological polar surface area (TPSA) is 72.8 Å². The predicted octanol–water partition coefficient (Wildman–Crippen LogP) is 2.24. The summed E-state index contributed by atoms with van der Waals surface area (Å²) in [5.41, 5.74) is 3.67. The second-order valence-corrected chi connectivity index (χ2v) is 4.41. The van der Waals surface area contributed by atoms with Gasteiger partial charge in [0.15, 0.2) is 11.5 Å². The van der Waals surface area contributed by atoms with Gasteiger partial charge in [0.05, 0.1) is 0 Å². The molecule has 1 aliphatic heterocycles. The molecule has 0 bridgehead atoms. The molecule has 1 aromatic carbocycles. The van der Waals surface area contributed by atoms with E-state index in [2.05, 4.69) is 15.5 Å². The highest BCUT2D eigenvalue weighted by Crippen LogP contribution is 2.32. The van der Waals surface area contributed by atoms with E-state index in [1.54, 1.807) is 30.5 Å². The van der Waals surface area contributed by atoms with Crippen molar-refractivity contribution in [3.63, 3.8) is 0 Å². The molecule has 1 N–H and O–H groups in total. The van der Waals surface area contributed by atoms with Gasteiger partial charge in [-0.05, 0) is 35.9 Å². The van der Waals surface area contributed by atoms with E-state index in [0.29, 0.717) is 5.69 Å². The zero-order valence-electron chi connectivity index (χ0n) is 11.6. The largest absolute Gasteiger partial charge is 0.454 e. The third kappa shape index (κ3) is 3.29. The lowest BCUT2D eigenvalue weighted by Crippen LogP contribution is -2.18. The van der Waals surface area contributed by atoms with Gasteiger partial charge in [0.1, 0.15) is 5.69 Å². The lowest BCUT2D eigenvalue weighted by molar-refractivity contribution is 0.0950. The van der Waals surface area contributed by atoms with Crippen molar-refractivity contribution in [2.45, 2.75) is 0 Å². The summed E-state index contributed by atoms with van der Waals surface area (Å²) in [6.07, 6.45) is 6.61. The van der Waals surface area contributed by atoms with E-state index in [1.165, 1.54) is 6.21 Å². The smallest absolute Gasteiger partial charge is 0.289 e. The Morgan fingerprint density at radius 2 is 2.14 bits per heavy atom. The summed E-state index contributed by atoms with van der Waals surface area (Å²) < 4.78 is 10.5. The summed E-state index contributed by atoms with van der Waals surface area (Å²) in [5, 5.41) is 3.83. The van der Waals surface area contributed by atoms with Crippen LogP contribution >= 0.6 is 0 Å². The monoisotopic (exact) mass is 295 g/mol. The van der Waals surface area contributed by atoms with E-state index in [9.17, 15) is 4.79 Å². The van der Waals surface area contributed by atoms with Crippen LogP contribution in [-0.4, -0.2) is 23.9 Å². The van der Waals surface area contributed by atoms with Crippen LogP contribution < -0.4 is 14.9 Å². The quantitative estimate of drug-likeness (QED) is 0.693. The molecule has 0 fully saturated rings. The van der Waals surface area contributed by atoms with Crippen molar-refractivity contribution in [3.05, 3.63) is 59.9 Å². The van der Waals surface area contributed by atoms with Crippen molar-refractivity contribution in [2.24, 2.45) is 5.10 Å². The molecule has 1 aliphatic rings. The van der Waals surface area contributed by atoms with Gasteiger partial charge in [-0.15, -0.1) is 0 Å². The molecule has 110 valence electrons. The fourth-order valence-electron chi connectivity index (χ4n) is 1.86. The maximum absolute atomic E-state index is 11.7. The number of hydrazone groups is 1. The molecule has 6 heteroatoms. The molecule has 0 aliphatic carbocycles. The lowest BCUT2D eigenvalue weighted by atomic mass is 10.2. The number of amides is 1. The summed E-state index contributed by atoms with van der Waals surface area (Å²) in [6, 6.07) is 10.7. The number of rotatable bonds is 4. The molecule has 22 heavy (non-hydrogen) atoms. The number of fused-ring (bicyclic) bond motifs is 1. The number of ether oxygens (including phenoxy) is 2. The average molecular weight is 295 g/mol. The van der Waals surface area contributed by atoms with Gasteiger partial charge in [-0.1, -0.05) is 18.2 Å². The minimum absolute atomic E-state index is 0.253. The average Bonchev–Trinajstić information content (AvgIpc) is 3.03. The summed E-state index contributed by atoms with van der Waals surface area (Å²) in [4.78, 5) is 15.6. The molecule has 1 amide bonds. The van der Waals surface area contributed by atoms with Crippen molar-refractivity contribution >= 4 is 18.2 Å². The first-order valence-electron chi connectivity index (χ1n) is 6.64. The standard InChI is InChI=1S/C16H13N3O3/c20-16(13-5-1-2-8-17-13)19-18-9-3-4-12-6-7-14-15(10-12)22-11-21-14/h1-10H,11H2,(H,19,20)/b4-3+,18-9-. The van der Waals surface area contributed by atoms with Gasteiger partial charge in [-0.3, -0.25) is 9.78 Å². The molecule has 6 nitrogen and oxygen atoms in total. The van der Waals surface area contributed by atoms with Crippen molar-refractivity contribution in [3.8, 4) is 11.5 Å². The van der Waals surface area contributed by atoms with Crippen LogP contribution in [0.4, 0.5) is 0 Å². The molecule has 0 saturated heterocycles. The number of benzene rings is 1. The van der Waals surface area contributed by atoms with Crippen LogP contribution in [-0.2, 0) is 0 Å². The molecular formula is C16H13N3O3. The third-order valence-electron chi connectivity index (χ3n) is 2.91. The van der Waals surface area contributed by atoms with Crippen LogP contribution in [0.1, 0.15) is 16.1 Å². The summed E-state index contributed by atoms with van der Waals surface area (Å²) in [5.74, 6) is 1.12. The fraction of sp³-hybridized carbons (Fsp3) is 0.0625. The Bertz CT molecular complexity index is 727. The summed E-state index contributed by atoms with van der Waals surface area (Å²) in [6.45, 7) is 0.253. The van der Waals surface area contributed by atoms with E-state index in [1.807, 2.05) is 24.3 Å². The van der Waals surface area contributed by atoms with Gasteiger partial charge in [0, 0.05) is 12.4 Å². The number of hydrogen-bond acceptors (Lipinski definition) is 5. The van der Waals surface area contributed by atoms with Crippen LogP contribution in [0.25, 0.3) is 6.08 Å². The number of nitrogens with zero attached hydrogens (tertiary/aromatic N) is 2. The van der Waals surface area contributed by atoms with Gasteiger partial charge < -0.3 is 9.47 Å². The van der Waals surface area contributed by atoms with E-state index < -0.39 is 0 Å². The van der Waals surface area contributed by atoms with E-state index in [0.717, 1.165) is 17.1 Å². The molecule has 0 radical (unpaired) electrons. The van der Waals surface area contributed by atoms with Crippen LogP contribution in [0.15, 0.2) is 53.8 Å². The summed E-state index contributed by atoms with van der Waals surface area (Å²) >= 11 is 0. The van der Waals surface area contributed by atoms with Crippen LogP contribution in [0.5, 0.6) is 11.5 Å². The first kappa shape index (κ1) is 13.8. The van der Waals surface area contributed by atoms with E-state index in [-0.39, 0.29) is 12.7 Å². The summed E-state index contributed by atoms with van der Waals surface area (Å²) in [7, 11) is 0. The Hall–Kier alpha value is -3.15. The maximum Gasteiger partial charge on any atom is 0.289 e. The van der Waals surface area contributed by atoms with Crippen LogP contribution in [0.2, 0.25) is 0 Å². The van der Waals surface area contributed by atoms with Gasteiger partial charge in [-0.2, -0.15) is 5.10 Å². The highest BCUT2D eigenvalue weighted by Gasteiger charge is 2.11. The van der Waals surface area contributed by atoms with Crippen LogP contribution in [0.3, 0.4) is 0 Å². The highest BCUT2D eigenvalue weighted by atomic mass is 16.7. The van der Waals surface area contributed by atoms with Gasteiger partial charge in [0.25, 0.3) is 5.91 Å². The molecule has 0 unspecified atom stereocenters. The number of pyridine rings is 1. The Morgan fingerprint density at radius 3 is 3.00 bits per heavy atom. The molecule has 0 atom stereocenters. The minimum Gasteiger partial charge on any atom is -0.454 e. The van der Waals surface area contributed by atoms with Crippen molar-refractivity contribution < 1.29 is 14.3 Å². The SMILES string of the molecule is O=C(N/N=C\C=C\c1ccc2c(c1)OCO2)c1ccccn1. The Balaban J connectivity index is 1.55. The number of carbonyl (C=O) groups excluding carboxylic acids is 1. The van der Waals surface area contributed by atoms with E-state index in [4.69, 9.17) is 9.47 Å². The maximum atomic E-state index is 11.7. The van der Waals surface area contributed by atoms with Crippen LogP contribution in [0, 0.1) is 0 Å². The minimum atomic E-state index is -0.353. The third-order valence-corrected chi connectivity index (χ3v) is 2.91. The zero-order valence-corrected chi connectivity index (χ0v) is 11.6. The second kappa shape index (κ2) is 6.53. The zero-order chi connectivity index (χ0) is 15.2. The van der Waals surface area contributed by atoms with Crippen molar-refractivity contribution in [1.29, 1.82) is 0 Å². The normalized spacial score (nSPS) is 12.9. The molecule has 0 spiro atoms. The first-order chi connectivity index (χ1) is 10.8. The molecule has 3 rings (SSSR count). The van der Waals surface area contributed by atoms with E-state index >= 15 is 0 Å². The second-order valence-electron chi connectivity index (χ2n) is 4.41. The highest BCUT2D eigenvalue weighted by molar-refractivity contribution is 5.92. The van der Waals surface area contributed by atoms with Crippen molar-refractivity contribution in [1.82, 2.24) is 10.4 Å². The van der Waals surface area contributed by atoms with Gasteiger partial charge >= 0.3 is 0 Å². The lowest BCUT2D eigenvalue weighted by Gasteiger charge is -1.97. The fourth-order valence-corrected chi connectivity index (χ4v) is 1.86. The molecule has 2 aromatic rings. The molecule has 1 aromatic heterocycles. The Kier molecular flexibility index (Phi) is 4.10. The number of nitrogens with one attached hydrogen (secondary N) is 1. The van der Waals surface area contributed by atoms with Gasteiger partial charge in [0.2, 0.25) is 6.79 Å². The van der Waals surface area contributed by atoms with Gasteiger partial charge in [-0.25, -0.2) is 5.43 Å². The number of allylic oxidation sites excluding steroid dienone is 1. The molecule has 0 saturated carbocycles. The first-order valence-corrected chi connectivity index (χ1v) is 6.64. The number of hydrogen-bond donors (Lipinski definition) is 1. The molecule has 2 heterocycles. The Morgan fingerprint density at radius 1 is 1.23 bits per heavy atom.